The van der Waals surface area contributed by atoms with E-state index in [1.165, 1.54) is 6.07 Å². The van der Waals surface area contributed by atoms with Crippen molar-refractivity contribution in [1.82, 2.24) is 15.5 Å². The molecule has 0 aromatic heterocycles. The molecule has 3 rings (SSSR count). The second-order valence-electron chi connectivity index (χ2n) is 6.76. The predicted molar refractivity (Wildman–Crippen MR) is 103 cm³/mol. The lowest BCUT2D eigenvalue weighted by Gasteiger charge is -2.16. The Labute approximate surface area is 167 Å². The molecule has 0 bridgehead atoms. The van der Waals surface area contributed by atoms with Gasteiger partial charge in [0.15, 0.2) is 0 Å². The number of alkyl halides is 2. The second kappa shape index (κ2) is 9.86. The number of para-hydroxylation sites is 1. The van der Waals surface area contributed by atoms with E-state index in [-0.39, 0.29) is 18.2 Å². The molecule has 1 heterocycles. The Balaban J connectivity index is 1.48. The van der Waals surface area contributed by atoms with E-state index in [4.69, 9.17) is 0 Å². The fraction of sp³-hybridized carbons (Fsp3) is 0.333. The number of carbonyl (C=O) groups is 2. The van der Waals surface area contributed by atoms with E-state index in [9.17, 15) is 18.4 Å². The van der Waals surface area contributed by atoms with Crippen molar-refractivity contribution in [3.8, 4) is 5.75 Å². The first kappa shape index (κ1) is 20.6. The van der Waals surface area contributed by atoms with Crippen LogP contribution >= 0.6 is 0 Å². The number of benzene rings is 2. The predicted octanol–water partition coefficient (Wildman–Crippen LogP) is 3.41. The van der Waals surface area contributed by atoms with Gasteiger partial charge < -0.3 is 20.3 Å². The number of urea groups is 1. The summed E-state index contributed by atoms with van der Waals surface area (Å²) in [5, 5.41) is 5.37. The molecule has 0 radical (unpaired) electrons. The zero-order chi connectivity index (χ0) is 20.6. The number of ether oxygens (including phenoxy) is 1. The third kappa shape index (κ3) is 6.17. The van der Waals surface area contributed by atoms with Gasteiger partial charge in [-0.15, -0.1) is 0 Å². The largest absolute Gasteiger partial charge is 0.434 e. The number of hydrogen-bond acceptors (Lipinski definition) is 3. The molecule has 0 unspecified atom stereocenters. The number of likely N-dealkylation sites (tertiary alicyclic amines) is 1. The molecule has 0 atom stereocenters. The van der Waals surface area contributed by atoms with Crippen LogP contribution in [0.25, 0.3) is 0 Å². The maximum Gasteiger partial charge on any atom is 0.387 e. The van der Waals surface area contributed by atoms with Crippen LogP contribution in [0.1, 0.15) is 29.5 Å². The van der Waals surface area contributed by atoms with E-state index in [1.807, 2.05) is 29.2 Å². The van der Waals surface area contributed by atoms with Crippen molar-refractivity contribution in [3.05, 3.63) is 65.2 Å². The highest BCUT2D eigenvalue weighted by Crippen LogP contribution is 2.20. The van der Waals surface area contributed by atoms with Crippen LogP contribution in [0, 0.1) is 0 Å². The summed E-state index contributed by atoms with van der Waals surface area (Å²) in [5.41, 5.74) is 2.38. The van der Waals surface area contributed by atoms with Gasteiger partial charge in [0.2, 0.25) is 5.91 Å². The van der Waals surface area contributed by atoms with E-state index >= 15 is 0 Å². The molecule has 0 spiro atoms. The Morgan fingerprint density at radius 3 is 2.59 bits per heavy atom. The maximum absolute atomic E-state index is 12.4. The third-order valence-corrected chi connectivity index (χ3v) is 4.62. The van der Waals surface area contributed by atoms with Gasteiger partial charge in [0.25, 0.3) is 0 Å². The van der Waals surface area contributed by atoms with Gasteiger partial charge in [0, 0.05) is 38.2 Å². The highest BCUT2D eigenvalue weighted by Gasteiger charge is 2.20. The molecule has 154 valence electrons. The third-order valence-electron chi connectivity index (χ3n) is 4.62. The number of nitrogens with zero attached hydrogens (tertiary/aromatic N) is 1. The average Bonchev–Trinajstić information content (AvgIpc) is 3.10. The molecule has 29 heavy (non-hydrogen) atoms. The van der Waals surface area contributed by atoms with Crippen molar-refractivity contribution >= 4 is 11.9 Å². The van der Waals surface area contributed by atoms with Gasteiger partial charge in [-0.3, -0.25) is 4.79 Å². The molecule has 2 aromatic carbocycles. The van der Waals surface area contributed by atoms with Crippen LogP contribution in [0.3, 0.4) is 0 Å². The summed E-state index contributed by atoms with van der Waals surface area (Å²) < 4.78 is 29.3. The number of halogens is 2. The monoisotopic (exact) mass is 403 g/mol. The van der Waals surface area contributed by atoms with Crippen molar-refractivity contribution < 1.29 is 23.1 Å². The number of amides is 3. The molecule has 2 N–H and O–H groups in total. The van der Waals surface area contributed by atoms with Crippen molar-refractivity contribution in [2.75, 3.05) is 6.54 Å². The minimum atomic E-state index is -2.92. The van der Waals surface area contributed by atoms with Gasteiger partial charge in [0.05, 0.1) is 0 Å². The number of hydrogen-bond donors (Lipinski definition) is 2. The summed E-state index contributed by atoms with van der Waals surface area (Å²) in [5.74, 6) is 0.205. The molecule has 1 fully saturated rings. The summed E-state index contributed by atoms with van der Waals surface area (Å²) in [6, 6.07) is 13.6. The summed E-state index contributed by atoms with van der Waals surface area (Å²) in [7, 11) is 0. The van der Waals surface area contributed by atoms with Crippen LogP contribution in [-0.2, 0) is 24.4 Å². The lowest BCUT2D eigenvalue weighted by Crippen LogP contribution is -2.34. The van der Waals surface area contributed by atoms with Crippen LogP contribution in [0.4, 0.5) is 13.6 Å². The van der Waals surface area contributed by atoms with Crippen molar-refractivity contribution in [1.29, 1.82) is 0 Å². The summed E-state index contributed by atoms with van der Waals surface area (Å²) in [4.78, 5) is 25.7. The minimum Gasteiger partial charge on any atom is -0.434 e. The lowest BCUT2D eigenvalue weighted by molar-refractivity contribution is -0.128. The fourth-order valence-electron chi connectivity index (χ4n) is 3.21. The molecule has 0 aliphatic carbocycles. The first-order chi connectivity index (χ1) is 14.0. The minimum absolute atomic E-state index is 0.0342. The molecule has 1 saturated heterocycles. The Bertz CT molecular complexity index is 861. The quantitative estimate of drug-likeness (QED) is 0.710. The summed E-state index contributed by atoms with van der Waals surface area (Å²) in [6.07, 6.45) is 1.50. The summed E-state index contributed by atoms with van der Waals surface area (Å²) in [6.45, 7) is -1.21. The topological polar surface area (TPSA) is 70.7 Å². The fourth-order valence-corrected chi connectivity index (χ4v) is 3.21. The molecular formula is C21H23F2N3O3. The van der Waals surface area contributed by atoms with E-state index in [1.54, 1.807) is 18.2 Å². The Morgan fingerprint density at radius 2 is 1.83 bits per heavy atom. The van der Waals surface area contributed by atoms with Gasteiger partial charge in [-0.25, -0.2) is 4.79 Å². The Morgan fingerprint density at radius 1 is 1.07 bits per heavy atom. The molecule has 3 amide bonds. The Kier molecular flexibility index (Phi) is 6.99. The molecule has 0 saturated carbocycles. The number of nitrogens with one attached hydrogen (secondary N) is 2. The van der Waals surface area contributed by atoms with E-state index in [2.05, 4.69) is 15.4 Å². The lowest BCUT2D eigenvalue weighted by atomic mass is 10.1. The average molecular weight is 403 g/mol. The summed E-state index contributed by atoms with van der Waals surface area (Å²) >= 11 is 0. The van der Waals surface area contributed by atoms with Gasteiger partial charge in [-0.1, -0.05) is 42.5 Å². The molecular weight excluding hydrogens is 380 g/mol. The second-order valence-corrected chi connectivity index (χ2v) is 6.76. The normalized spacial score (nSPS) is 13.6. The standard InChI is InChI=1S/C21H23F2N3O3/c22-20(23)29-18-8-2-1-7-17(18)13-25-21(28)24-12-15-5-3-6-16(11-15)14-26-10-4-9-19(26)27/h1-3,5-8,11,20H,4,9-10,12-14H2,(H2,24,25,28). The molecule has 2 aromatic rings. The van der Waals surface area contributed by atoms with Gasteiger partial charge >= 0.3 is 12.6 Å². The SMILES string of the molecule is O=C(NCc1cccc(CN2CCCC2=O)c1)NCc1ccccc1OC(F)F. The number of rotatable bonds is 8. The molecule has 1 aliphatic heterocycles. The van der Waals surface area contributed by atoms with E-state index in [0.29, 0.717) is 25.1 Å². The Hall–Kier alpha value is -3.16. The van der Waals surface area contributed by atoms with E-state index in [0.717, 1.165) is 24.1 Å². The maximum atomic E-state index is 12.4. The van der Waals surface area contributed by atoms with Crippen LogP contribution in [0.5, 0.6) is 5.75 Å². The van der Waals surface area contributed by atoms with Crippen molar-refractivity contribution in [2.45, 2.75) is 39.1 Å². The van der Waals surface area contributed by atoms with Crippen molar-refractivity contribution in [2.24, 2.45) is 0 Å². The smallest absolute Gasteiger partial charge is 0.387 e. The molecule has 8 heteroatoms. The number of carbonyl (C=O) groups excluding carboxylic acids is 2. The van der Waals surface area contributed by atoms with Gasteiger partial charge in [0.1, 0.15) is 5.75 Å². The van der Waals surface area contributed by atoms with Crippen LogP contribution in [0.15, 0.2) is 48.5 Å². The van der Waals surface area contributed by atoms with E-state index < -0.39 is 12.6 Å². The van der Waals surface area contributed by atoms with Crippen LogP contribution in [-0.4, -0.2) is 30.0 Å². The van der Waals surface area contributed by atoms with Gasteiger partial charge in [-0.2, -0.15) is 8.78 Å². The highest BCUT2D eigenvalue weighted by molar-refractivity contribution is 5.78. The van der Waals surface area contributed by atoms with Crippen molar-refractivity contribution in [3.63, 3.8) is 0 Å². The molecule has 1 aliphatic rings. The van der Waals surface area contributed by atoms with Crippen LogP contribution in [0.2, 0.25) is 0 Å². The first-order valence-electron chi connectivity index (χ1n) is 9.41. The first-order valence-corrected chi connectivity index (χ1v) is 9.41. The molecule has 6 nitrogen and oxygen atoms in total. The highest BCUT2D eigenvalue weighted by atomic mass is 19.3. The zero-order valence-corrected chi connectivity index (χ0v) is 15.9. The van der Waals surface area contributed by atoms with Gasteiger partial charge in [-0.05, 0) is 23.6 Å². The van der Waals surface area contributed by atoms with Crippen LogP contribution < -0.4 is 15.4 Å². The zero-order valence-electron chi connectivity index (χ0n) is 15.9.